The number of halogens is 5. The maximum Gasteiger partial charge on any atom is 0.499 e. The second kappa shape index (κ2) is 9.11. The Labute approximate surface area is 174 Å². The highest BCUT2D eigenvalue weighted by atomic mass is 19.4. The third-order valence-electron chi connectivity index (χ3n) is 3.60. The van der Waals surface area contributed by atoms with E-state index in [4.69, 9.17) is 5.73 Å². The molecule has 1 aromatic heterocycles. The van der Waals surface area contributed by atoms with Crippen molar-refractivity contribution in [2.24, 2.45) is 0 Å². The van der Waals surface area contributed by atoms with E-state index >= 15 is 0 Å². The highest BCUT2D eigenvalue weighted by Gasteiger charge is 2.61. The molecule has 0 amide bonds. The zero-order valence-electron chi connectivity index (χ0n) is 16.7. The van der Waals surface area contributed by atoms with Crippen LogP contribution < -0.4 is 10.5 Å². The monoisotopic (exact) mass is 442 g/mol. The maximum atomic E-state index is 12.9. The minimum Gasteiger partial charge on any atom is -0.426 e. The maximum absolute atomic E-state index is 12.9. The summed E-state index contributed by atoms with van der Waals surface area (Å²) < 4.78 is 67.7. The molecule has 6 nitrogen and oxygen atoms in total. The average molecular weight is 442 g/mol. The second-order valence-electron chi connectivity index (χ2n) is 6.54. The van der Waals surface area contributed by atoms with E-state index in [-0.39, 0.29) is 5.78 Å². The van der Waals surface area contributed by atoms with Crippen LogP contribution in [-0.2, 0) is 4.79 Å². The lowest BCUT2D eigenvalue weighted by Crippen LogP contribution is -2.41. The van der Waals surface area contributed by atoms with Crippen LogP contribution in [0.5, 0.6) is 5.75 Å². The molecular formula is C20H19F5N4O2. The normalized spacial score (nSPS) is 11.5. The third-order valence-corrected chi connectivity index (χ3v) is 3.60. The van der Waals surface area contributed by atoms with Crippen molar-refractivity contribution in [3.05, 3.63) is 54.4 Å². The molecule has 0 atom stereocenters. The molecule has 166 valence electrons. The fourth-order valence-electron chi connectivity index (χ4n) is 2.25. The number of rotatable bonds is 4. The number of aryl methyl sites for hydroxylation is 1. The summed E-state index contributed by atoms with van der Waals surface area (Å²) in [5.41, 5.74) is 7.36. The van der Waals surface area contributed by atoms with Gasteiger partial charge in [0.2, 0.25) is 0 Å². The summed E-state index contributed by atoms with van der Waals surface area (Å²) in [6.45, 7) is 4.73. The second-order valence-corrected chi connectivity index (χ2v) is 6.54. The number of nitrogen functional groups attached to an aromatic ring is 1. The Hall–Kier alpha value is -3.50. The summed E-state index contributed by atoms with van der Waals surface area (Å²) in [6, 6.07) is 11.5. The lowest BCUT2D eigenvalue weighted by atomic mass is 10.2. The van der Waals surface area contributed by atoms with Crippen LogP contribution in [0.3, 0.4) is 0 Å². The molecule has 0 saturated carbocycles. The largest absolute Gasteiger partial charge is 0.499 e. The van der Waals surface area contributed by atoms with Crippen molar-refractivity contribution < 1.29 is 31.5 Å². The van der Waals surface area contributed by atoms with Gasteiger partial charge in [0.25, 0.3) is 0 Å². The number of alkyl halides is 5. The molecule has 0 unspecified atom stereocenters. The summed E-state index contributed by atoms with van der Waals surface area (Å²) in [5, 5.41) is 4.32. The number of anilines is 1. The molecule has 0 radical (unpaired) electrons. The van der Waals surface area contributed by atoms with E-state index in [0.717, 1.165) is 17.7 Å². The van der Waals surface area contributed by atoms with Gasteiger partial charge in [-0.25, -0.2) is 9.67 Å². The Balaban J connectivity index is 0.000000785. The van der Waals surface area contributed by atoms with Gasteiger partial charge in [0.05, 0.1) is 5.69 Å². The van der Waals surface area contributed by atoms with Crippen LogP contribution in [0.2, 0.25) is 0 Å². The van der Waals surface area contributed by atoms with Gasteiger partial charge in [-0.05, 0) is 69.3 Å². The van der Waals surface area contributed by atoms with Gasteiger partial charge in [-0.15, -0.1) is 5.10 Å². The van der Waals surface area contributed by atoms with E-state index in [1.165, 1.54) is 30.7 Å². The standard InChI is InChI=1S/C17H13F5N4O.C3H6O/c1-10-24-15(11-2-4-12(23)5-3-11)25-26(10)13-6-8-14(9-7-13)27-17(21,22)16(18,19)20;1-3(2)4/h2-9H,23H2,1H3;1-2H3. The zero-order chi connectivity index (χ0) is 23.4. The number of benzene rings is 2. The fourth-order valence-corrected chi connectivity index (χ4v) is 2.25. The van der Waals surface area contributed by atoms with Gasteiger partial charge in [-0.3, -0.25) is 0 Å². The minimum atomic E-state index is -5.80. The Morgan fingerprint density at radius 1 is 0.968 bits per heavy atom. The van der Waals surface area contributed by atoms with E-state index in [1.54, 1.807) is 31.2 Å². The first-order valence-corrected chi connectivity index (χ1v) is 8.81. The van der Waals surface area contributed by atoms with Gasteiger partial charge >= 0.3 is 12.3 Å². The summed E-state index contributed by atoms with van der Waals surface area (Å²) in [5.74, 6) is 0.449. The molecule has 0 aliphatic heterocycles. The average Bonchev–Trinajstić information content (AvgIpc) is 3.03. The molecule has 1 heterocycles. The number of carbonyl (C=O) groups is 1. The Kier molecular flexibility index (Phi) is 6.98. The number of hydrogen-bond donors (Lipinski definition) is 1. The van der Waals surface area contributed by atoms with Crippen LogP contribution >= 0.6 is 0 Å². The highest BCUT2D eigenvalue weighted by Crippen LogP contribution is 2.37. The van der Waals surface area contributed by atoms with Crippen LogP contribution in [0.15, 0.2) is 48.5 Å². The van der Waals surface area contributed by atoms with Crippen LogP contribution in [0.1, 0.15) is 19.7 Å². The van der Waals surface area contributed by atoms with E-state index in [9.17, 15) is 26.7 Å². The summed E-state index contributed by atoms with van der Waals surface area (Å²) >= 11 is 0. The molecule has 0 bridgehead atoms. The smallest absolute Gasteiger partial charge is 0.426 e. The van der Waals surface area contributed by atoms with Crippen molar-refractivity contribution in [1.29, 1.82) is 0 Å². The summed E-state index contributed by atoms with van der Waals surface area (Å²) in [7, 11) is 0. The molecule has 2 N–H and O–H groups in total. The third kappa shape index (κ3) is 6.24. The quantitative estimate of drug-likeness (QED) is 0.457. The molecule has 31 heavy (non-hydrogen) atoms. The number of hydrogen-bond acceptors (Lipinski definition) is 5. The van der Waals surface area contributed by atoms with Gasteiger partial charge < -0.3 is 15.3 Å². The van der Waals surface area contributed by atoms with E-state index in [1.807, 2.05) is 0 Å². The van der Waals surface area contributed by atoms with Crippen molar-refractivity contribution in [3.63, 3.8) is 0 Å². The van der Waals surface area contributed by atoms with Gasteiger partial charge in [-0.1, -0.05) is 0 Å². The SMILES string of the molecule is CC(C)=O.Cc1nc(-c2ccc(N)cc2)nn1-c1ccc(OC(F)(F)C(F)(F)F)cc1. The number of ketones is 1. The Bertz CT molecular complexity index is 1030. The number of ether oxygens (including phenoxy) is 1. The van der Waals surface area contributed by atoms with Crippen molar-refractivity contribution in [2.45, 2.75) is 33.1 Å². The first-order chi connectivity index (χ1) is 14.3. The van der Waals surface area contributed by atoms with E-state index in [0.29, 0.717) is 23.0 Å². The molecule has 3 rings (SSSR count). The van der Waals surface area contributed by atoms with Crippen molar-refractivity contribution in [2.75, 3.05) is 5.73 Å². The zero-order valence-corrected chi connectivity index (χ0v) is 16.7. The first kappa shape index (κ1) is 23.8. The first-order valence-electron chi connectivity index (χ1n) is 8.81. The molecule has 0 saturated heterocycles. The lowest BCUT2D eigenvalue weighted by Gasteiger charge is -2.20. The number of Topliss-reactive ketones (excluding diaryl/α,β-unsaturated/α-hetero) is 1. The van der Waals surface area contributed by atoms with Crippen LogP contribution in [0.4, 0.5) is 27.6 Å². The molecule has 0 fully saturated rings. The summed E-state index contributed by atoms with van der Waals surface area (Å²) in [6.07, 6.45) is -11.1. The summed E-state index contributed by atoms with van der Waals surface area (Å²) in [4.78, 5) is 13.8. The van der Waals surface area contributed by atoms with E-state index < -0.39 is 18.0 Å². The highest BCUT2D eigenvalue weighted by molar-refractivity contribution is 5.72. The van der Waals surface area contributed by atoms with Gasteiger partial charge in [0.1, 0.15) is 17.4 Å². The van der Waals surface area contributed by atoms with Crippen molar-refractivity contribution in [1.82, 2.24) is 14.8 Å². The molecule has 2 aromatic carbocycles. The number of carbonyl (C=O) groups excluding carboxylic acids is 1. The molecular weight excluding hydrogens is 423 g/mol. The van der Waals surface area contributed by atoms with Crippen LogP contribution in [-0.4, -0.2) is 32.8 Å². The number of nitrogens with zero attached hydrogens (tertiary/aromatic N) is 3. The van der Waals surface area contributed by atoms with Gasteiger partial charge in [0.15, 0.2) is 5.82 Å². The van der Waals surface area contributed by atoms with Crippen molar-refractivity contribution >= 4 is 11.5 Å². The number of nitrogens with two attached hydrogens (primary N) is 1. The van der Waals surface area contributed by atoms with E-state index in [2.05, 4.69) is 14.8 Å². The van der Waals surface area contributed by atoms with Crippen LogP contribution in [0, 0.1) is 6.92 Å². The topological polar surface area (TPSA) is 83.0 Å². The minimum absolute atomic E-state index is 0.167. The Morgan fingerprint density at radius 3 is 1.97 bits per heavy atom. The lowest BCUT2D eigenvalue weighted by molar-refractivity contribution is -0.360. The molecule has 0 aliphatic rings. The predicted octanol–water partition coefficient (Wildman–Crippen LogP) is 4.95. The Morgan fingerprint density at radius 2 is 1.48 bits per heavy atom. The molecule has 0 spiro atoms. The van der Waals surface area contributed by atoms with Crippen LogP contribution in [0.25, 0.3) is 17.1 Å². The molecule has 11 heteroatoms. The molecule has 0 aliphatic carbocycles. The predicted molar refractivity (Wildman–Crippen MR) is 104 cm³/mol. The fraction of sp³-hybridized carbons (Fsp3) is 0.250. The van der Waals surface area contributed by atoms with Crippen molar-refractivity contribution in [3.8, 4) is 22.8 Å². The molecule has 3 aromatic rings. The number of aromatic nitrogens is 3. The van der Waals surface area contributed by atoms with Gasteiger partial charge in [0, 0.05) is 11.3 Å². The van der Waals surface area contributed by atoms with Gasteiger partial charge in [-0.2, -0.15) is 22.0 Å².